The Labute approximate surface area is 187 Å². The van der Waals surface area contributed by atoms with Crippen LogP contribution in [0.1, 0.15) is 24.2 Å². The fourth-order valence-electron chi connectivity index (χ4n) is 2.85. The van der Waals surface area contributed by atoms with E-state index >= 15 is 0 Å². The molecule has 0 heterocycles. The Morgan fingerprint density at radius 1 is 0.688 bits per heavy atom. The van der Waals surface area contributed by atoms with Crippen molar-refractivity contribution < 1.29 is 14.4 Å². The van der Waals surface area contributed by atoms with Crippen molar-refractivity contribution in [2.24, 2.45) is 5.92 Å². The number of hydrogen-bond acceptors (Lipinski definition) is 4. The van der Waals surface area contributed by atoms with Crippen LogP contribution in [-0.4, -0.2) is 24.3 Å². The first kappa shape index (κ1) is 22.6. The molecule has 0 atom stereocenters. The van der Waals surface area contributed by atoms with Crippen LogP contribution in [0.5, 0.6) is 0 Å². The van der Waals surface area contributed by atoms with Crippen LogP contribution in [0.2, 0.25) is 0 Å². The zero-order valence-electron chi connectivity index (χ0n) is 18.0. The second-order valence-corrected chi connectivity index (χ2v) is 7.53. The summed E-state index contributed by atoms with van der Waals surface area (Å²) >= 11 is 0. The molecule has 0 bridgehead atoms. The normalized spacial score (nSPS) is 10.3. The summed E-state index contributed by atoms with van der Waals surface area (Å²) in [4.78, 5) is 36.5. The van der Waals surface area contributed by atoms with Crippen LogP contribution in [0.4, 0.5) is 22.7 Å². The number of carbonyl (C=O) groups excluding carboxylic acids is 3. The third kappa shape index (κ3) is 6.70. The maximum Gasteiger partial charge on any atom is 0.255 e. The molecule has 0 saturated carbocycles. The van der Waals surface area contributed by atoms with Gasteiger partial charge >= 0.3 is 0 Å². The highest BCUT2D eigenvalue weighted by Crippen LogP contribution is 2.18. The SMILES string of the molecule is CC(C)C(=O)Nc1cccc(NC(=O)CNc2cccc(NC(=O)c3ccccc3)c2)c1. The summed E-state index contributed by atoms with van der Waals surface area (Å²) in [6, 6.07) is 23.1. The number of anilines is 4. The van der Waals surface area contributed by atoms with Crippen molar-refractivity contribution in [3.8, 4) is 0 Å². The summed E-state index contributed by atoms with van der Waals surface area (Å²) in [6.07, 6.45) is 0. The molecule has 0 unspecified atom stereocenters. The van der Waals surface area contributed by atoms with E-state index in [2.05, 4.69) is 21.3 Å². The van der Waals surface area contributed by atoms with Gasteiger partial charge in [0.2, 0.25) is 11.8 Å². The summed E-state index contributed by atoms with van der Waals surface area (Å²) < 4.78 is 0. The van der Waals surface area contributed by atoms with Gasteiger partial charge in [-0.1, -0.05) is 44.2 Å². The average Bonchev–Trinajstić information content (AvgIpc) is 2.79. The molecule has 0 radical (unpaired) electrons. The molecule has 3 amide bonds. The molecular formula is C25H26N4O3. The van der Waals surface area contributed by atoms with E-state index in [1.165, 1.54) is 0 Å². The highest BCUT2D eigenvalue weighted by Gasteiger charge is 2.09. The van der Waals surface area contributed by atoms with E-state index in [0.29, 0.717) is 28.3 Å². The van der Waals surface area contributed by atoms with E-state index in [4.69, 9.17) is 0 Å². The third-order valence-electron chi connectivity index (χ3n) is 4.55. The molecule has 32 heavy (non-hydrogen) atoms. The zero-order valence-corrected chi connectivity index (χ0v) is 18.0. The molecule has 0 fully saturated rings. The van der Waals surface area contributed by atoms with Gasteiger partial charge in [-0.15, -0.1) is 0 Å². The average molecular weight is 431 g/mol. The van der Waals surface area contributed by atoms with Gasteiger partial charge in [0.25, 0.3) is 5.91 Å². The van der Waals surface area contributed by atoms with Crippen molar-refractivity contribution in [2.45, 2.75) is 13.8 Å². The highest BCUT2D eigenvalue weighted by molar-refractivity contribution is 6.04. The second-order valence-electron chi connectivity index (χ2n) is 7.53. The largest absolute Gasteiger partial charge is 0.376 e. The first-order chi connectivity index (χ1) is 15.4. The molecule has 3 aromatic carbocycles. The van der Waals surface area contributed by atoms with Gasteiger partial charge in [0.1, 0.15) is 0 Å². The molecule has 0 aliphatic heterocycles. The summed E-state index contributed by atoms with van der Waals surface area (Å²) in [5, 5.41) is 11.5. The van der Waals surface area contributed by atoms with E-state index in [9.17, 15) is 14.4 Å². The Bertz CT molecular complexity index is 1100. The van der Waals surface area contributed by atoms with Crippen LogP contribution >= 0.6 is 0 Å². The summed E-state index contributed by atoms with van der Waals surface area (Å²) in [5.74, 6) is -0.666. The number of rotatable bonds is 8. The number of amides is 3. The van der Waals surface area contributed by atoms with Crippen LogP contribution in [0.25, 0.3) is 0 Å². The Balaban J connectivity index is 1.53. The molecule has 7 heteroatoms. The standard InChI is InChI=1S/C25H26N4O3/c1-17(2)24(31)28-22-13-7-11-20(15-22)27-23(30)16-26-19-10-6-12-21(14-19)29-25(32)18-8-4-3-5-9-18/h3-15,17,26H,16H2,1-2H3,(H,27,30)(H,28,31)(H,29,32). The molecule has 3 aromatic rings. The van der Waals surface area contributed by atoms with Crippen molar-refractivity contribution >= 4 is 40.5 Å². The van der Waals surface area contributed by atoms with Gasteiger partial charge in [0.05, 0.1) is 6.54 Å². The Morgan fingerprint density at radius 2 is 1.25 bits per heavy atom. The minimum absolute atomic E-state index is 0.0403. The minimum Gasteiger partial charge on any atom is -0.376 e. The van der Waals surface area contributed by atoms with Crippen LogP contribution in [0.3, 0.4) is 0 Å². The lowest BCUT2D eigenvalue weighted by Crippen LogP contribution is -2.22. The van der Waals surface area contributed by atoms with E-state index in [-0.39, 0.29) is 30.2 Å². The summed E-state index contributed by atoms with van der Waals surface area (Å²) in [6.45, 7) is 3.67. The Hall–Kier alpha value is -4.13. The van der Waals surface area contributed by atoms with E-state index in [0.717, 1.165) is 0 Å². The van der Waals surface area contributed by atoms with Crippen molar-refractivity contribution in [2.75, 3.05) is 27.8 Å². The van der Waals surface area contributed by atoms with E-state index in [1.807, 2.05) is 26.0 Å². The van der Waals surface area contributed by atoms with Crippen molar-refractivity contribution in [1.82, 2.24) is 0 Å². The highest BCUT2D eigenvalue weighted by atomic mass is 16.2. The molecule has 0 aliphatic carbocycles. The molecule has 0 saturated heterocycles. The number of hydrogen-bond donors (Lipinski definition) is 4. The lowest BCUT2D eigenvalue weighted by Gasteiger charge is -2.12. The third-order valence-corrected chi connectivity index (χ3v) is 4.55. The van der Waals surface area contributed by atoms with Gasteiger partial charge in [0.15, 0.2) is 0 Å². The van der Waals surface area contributed by atoms with Crippen LogP contribution in [0.15, 0.2) is 78.9 Å². The van der Waals surface area contributed by atoms with Gasteiger partial charge < -0.3 is 21.3 Å². The molecule has 0 spiro atoms. The molecule has 164 valence electrons. The molecule has 3 rings (SSSR count). The monoisotopic (exact) mass is 430 g/mol. The van der Waals surface area contributed by atoms with Gasteiger partial charge in [0, 0.05) is 34.2 Å². The maximum absolute atomic E-state index is 12.3. The molecular weight excluding hydrogens is 404 g/mol. The van der Waals surface area contributed by atoms with Crippen LogP contribution in [0, 0.1) is 5.92 Å². The molecule has 4 N–H and O–H groups in total. The van der Waals surface area contributed by atoms with Crippen LogP contribution < -0.4 is 21.3 Å². The second kappa shape index (κ2) is 10.8. The predicted molar refractivity (Wildman–Crippen MR) is 128 cm³/mol. The molecule has 0 aromatic heterocycles. The maximum atomic E-state index is 12.3. The van der Waals surface area contributed by atoms with Gasteiger partial charge in [-0.25, -0.2) is 0 Å². The summed E-state index contributed by atoms with van der Waals surface area (Å²) in [5.41, 5.74) is 3.09. The van der Waals surface area contributed by atoms with E-state index < -0.39 is 0 Å². The molecule has 0 aliphatic rings. The number of carbonyl (C=O) groups is 3. The van der Waals surface area contributed by atoms with E-state index in [1.54, 1.807) is 66.7 Å². The Morgan fingerprint density at radius 3 is 1.91 bits per heavy atom. The van der Waals surface area contributed by atoms with Crippen LogP contribution in [-0.2, 0) is 9.59 Å². The number of benzene rings is 3. The zero-order chi connectivity index (χ0) is 22.9. The quantitative estimate of drug-likeness (QED) is 0.420. The minimum atomic E-state index is -0.240. The predicted octanol–water partition coefficient (Wildman–Crippen LogP) is 4.58. The van der Waals surface area contributed by atoms with Gasteiger partial charge in [-0.3, -0.25) is 14.4 Å². The lowest BCUT2D eigenvalue weighted by molar-refractivity contribution is -0.119. The smallest absolute Gasteiger partial charge is 0.255 e. The summed E-state index contributed by atoms with van der Waals surface area (Å²) in [7, 11) is 0. The first-order valence-corrected chi connectivity index (χ1v) is 10.3. The Kier molecular flexibility index (Phi) is 7.59. The molecule has 7 nitrogen and oxygen atoms in total. The van der Waals surface area contributed by atoms with Crippen molar-refractivity contribution in [1.29, 1.82) is 0 Å². The van der Waals surface area contributed by atoms with Crippen molar-refractivity contribution in [3.63, 3.8) is 0 Å². The van der Waals surface area contributed by atoms with Gasteiger partial charge in [-0.2, -0.15) is 0 Å². The topological polar surface area (TPSA) is 99.3 Å². The van der Waals surface area contributed by atoms with Gasteiger partial charge in [-0.05, 0) is 48.5 Å². The lowest BCUT2D eigenvalue weighted by atomic mass is 10.2. The fourth-order valence-corrected chi connectivity index (χ4v) is 2.85. The number of nitrogens with one attached hydrogen (secondary N) is 4. The first-order valence-electron chi connectivity index (χ1n) is 10.3. The fraction of sp³-hybridized carbons (Fsp3) is 0.160. The van der Waals surface area contributed by atoms with Crippen molar-refractivity contribution in [3.05, 3.63) is 84.4 Å².